The topological polar surface area (TPSA) is 49.3 Å². The zero-order valence-corrected chi connectivity index (χ0v) is 9.15. The van der Waals surface area contributed by atoms with Crippen LogP contribution >= 0.6 is 0 Å². The molecule has 0 aliphatic rings. The summed E-state index contributed by atoms with van der Waals surface area (Å²) < 4.78 is 26.2. The third kappa shape index (κ3) is 2.45. The molecular weight excluding hydrogens is 240 g/mol. The van der Waals surface area contributed by atoms with Gasteiger partial charge in [0.05, 0.1) is 0 Å². The molecule has 0 unspecified atom stereocenters. The number of para-hydroxylation sites is 1. The second kappa shape index (κ2) is 4.83. The number of anilines is 1. The lowest BCUT2D eigenvalue weighted by atomic mass is 10.1. The minimum atomic E-state index is -1.11. The van der Waals surface area contributed by atoms with Gasteiger partial charge in [0.15, 0.2) is 0 Å². The van der Waals surface area contributed by atoms with Crippen LogP contribution in [0.4, 0.5) is 14.5 Å². The summed E-state index contributed by atoms with van der Waals surface area (Å²) in [5.41, 5.74) is -0.133. The highest BCUT2D eigenvalue weighted by Gasteiger charge is 2.18. The van der Waals surface area contributed by atoms with E-state index < -0.39 is 28.9 Å². The lowest BCUT2D eigenvalue weighted by Gasteiger charge is -2.07. The Morgan fingerprint density at radius 2 is 1.78 bits per heavy atom. The fraction of sp³-hybridized carbons (Fsp3) is 0. The summed E-state index contributed by atoms with van der Waals surface area (Å²) in [5.74, 6) is -3.63. The van der Waals surface area contributed by atoms with Gasteiger partial charge in [-0.1, -0.05) is 18.2 Å². The number of hydrogen-bond donors (Lipinski definition) is 2. The number of carbonyl (C=O) groups excluding carboxylic acids is 1. The molecule has 0 aromatic heterocycles. The minimum absolute atomic E-state index is 0.450. The van der Waals surface area contributed by atoms with E-state index in [-0.39, 0.29) is 0 Å². The fourth-order valence-electron chi connectivity index (χ4n) is 1.50. The number of carbonyl (C=O) groups is 1. The smallest absolute Gasteiger partial charge is 0.262 e. The summed E-state index contributed by atoms with van der Waals surface area (Å²) in [6.07, 6.45) is 0. The standard InChI is InChI=1S/C13H9F2NO2/c14-8-6-10(15)12(11(17)7-8)13(18)16-9-4-2-1-3-5-9/h1-7,17H,(H,16,18). The van der Waals surface area contributed by atoms with E-state index in [1.54, 1.807) is 30.3 Å². The Morgan fingerprint density at radius 1 is 1.11 bits per heavy atom. The quantitative estimate of drug-likeness (QED) is 0.859. The Labute approximate surface area is 102 Å². The Balaban J connectivity index is 2.30. The summed E-state index contributed by atoms with van der Waals surface area (Å²) >= 11 is 0. The van der Waals surface area contributed by atoms with Crippen LogP contribution in [0.5, 0.6) is 5.75 Å². The van der Waals surface area contributed by atoms with Gasteiger partial charge in [0.2, 0.25) is 0 Å². The number of benzene rings is 2. The summed E-state index contributed by atoms with van der Waals surface area (Å²) in [6, 6.07) is 9.58. The predicted octanol–water partition coefficient (Wildman–Crippen LogP) is 2.92. The Hall–Kier alpha value is -2.43. The van der Waals surface area contributed by atoms with Crippen LogP contribution in [0.25, 0.3) is 0 Å². The van der Waals surface area contributed by atoms with Crippen molar-refractivity contribution >= 4 is 11.6 Å². The largest absolute Gasteiger partial charge is 0.507 e. The highest BCUT2D eigenvalue weighted by molar-refractivity contribution is 6.06. The number of rotatable bonds is 2. The molecule has 0 aliphatic heterocycles. The van der Waals surface area contributed by atoms with E-state index in [0.717, 1.165) is 0 Å². The molecule has 1 amide bonds. The second-order valence-electron chi connectivity index (χ2n) is 3.60. The molecule has 3 nitrogen and oxygen atoms in total. The molecule has 0 aliphatic carbocycles. The summed E-state index contributed by atoms with van der Waals surface area (Å²) in [5, 5.41) is 11.8. The number of phenolic OH excluding ortho intramolecular Hbond substituents is 1. The van der Waals surface area contributed by atoms with Crippen LogP contribution in [0.15, 0.2) is 42.5 Å². The molecule has 0 saturated carbocycles. The van der Waals surface area contributed by atoms with E-state index in [1.807, 2.05) is 0 Å². The number of hydrogen-bond acceptors (Lipinski definition) is 2. The maximum atomic E-state index is 13.4. The molecule has 0 bridgehead atoms. The number of halogens is 2. The molecular formula is C13H9F2NO2. The molecule has 5 heteroatoms. The summed E-state index contributed by atoms with van der Waals surface area (Å²) in [7, 11) is 0. The zero-order valence-electron chi connectivity index (χ0n) is 9.15. The monoisotopic (exact) mass is 249 g/mol. The van der Waals surface area contributed by atoms with Gasteiger partial charge in [-0.25, -0.2) is 8.78 Å². The molecule has 2 aromatic carbocycles. The van der Waals surface area contributed by atoms with E-state index >= 15 is 0 Å². The maximum Gasteiger partial charge on any atom is 0.262 e. The van der Waals surface area contributed by atoms with Crippen molar-refractivity contribution in [3.63, 3.8) is 0 Å². The molecule has 2 aromatic rings. The number of aromatic hydroxyl groups is 1. The molecule has 0 radical (unpaired) electrons. The van der Waals surface area contributed by atoms with Gasteiger partial charge >= 0.3 is 0 Å². The van der Waals surface area contributed by atoms with E-state index in [4.69, 9.17) is 0 Å². The van der Waals surface area contributed by atoms with Gasteiger partial charge in [-0.3, -0.25) is 4.79 Å². The van der Waals surface area contributed by atoms with Crippen molar-refractivity contribution in [2.45, 2.75) is 0 Å². The van der Waals surface area contributed by atoms with E-state index in [0.29, 0.717) is 17.8 Å². The maximum absolute atomic E-state index is 13.4. The third-order valence-electron chi connectivity index (χ3n) is 2.29. The lowest BCUT2D eigenvalue weighted by Crippen LogP contribution is -2.14. The van der Waals surface area contributed by atoms with Gasteiger partial charge < -0.3 is 10.4 Å². The SMILES string of the molecule is O=C(Nc1ccccc1)c1c(O)cc(F)cc1F. The molecule has 0 fully saturated rings. The first-order valence-electron chi connectivity index (χ1n) is 5.12. The lowest BCUT2D eigenvalue weighted by molar-refractivity contribution is 0.102. The number of phenols is 1. The highest BCUT2D eigenvalue weighted by Crippen LogP contribution is 2.23. The average molecular weight is 249 g/mol. The van der Waals surface area contributed by atoms with E-state index in [9.17, 15) is 18.7 Å². The fourth-order valence-corrected chi connectivity index (χ4v) is 1.50. The Bertz CT molecular complexity index is 562. The van der Waals surface area contributed by atoms with Crippen LogP contribution < -0.4 is 5.32 Å². The van der Waals surface area contributed by atoms with Gasteiger partial charge in [-0.2, -0.15) is 0 Å². The minimum Gasteiger partial charge on any atom is -0.507 e. The van der Waals surface area contributed by atoms with Crippen LogP contribution in [0.2, 0.25) is 0 Å². The highest BCUT2D eigenvalue weighted by atomic mass is 19.1. The van der Waals surface area contributed by atoms with Crippen LogP contribution in [0.3, 0.4) is 0 Å². The second-order valence-corrected chi connectivity index (χ2v) is 3.60. The van der Waals surface area contributed by atoms with Crippen LogP contribution in [-0.2, 0) is 0 Å². The number of nitrogens with one attached hydrogen (secondary N) is 1. The first-order chi connectivity index (χ1) is 8.58. The normalized spacial score (nSPS) is 10.1. The molecule has 0 heterocycles. The van der Waals surface area contributed by atoms with Crippen molar-refractivity contribution in [2.75, 3.05) is 5.32 Å². The van der Waals surface area contributed by atoms with Crippen LogP contribution in [0.1, 0.15) is 10.4 Å². The van der Waals surface area contributed by atoms with Gasteiger partial charge in [-0.05, 0) is 12.1 Å². The van der Waals surface area contributed by atoms with Gasteiger partial charge in [0.1, 0.15) is 22.9 Å². The number of amides is 1. The predicted molar refractivity (Wildman–Crippen MR) is 62.4 cm³/mol. The summed E-state index contributed by atoms with van der Waals surface area (Å²) in [6.45, 7) is 0. The zero-order chi connectivity index (χ0) is 13.1. The first-order valence-corrected chi connectivity index (χ1v) is 5.12. The summed E-state index contributed by atoms with van der Waals surface area (Å²) in [4.78, 5) is 11.7. The van der Waals surface area contributed by atoms with Crippen molar-refractivity contribution < 1.29 is 18.7 Å². The van der Waals surface area contributed by atoms with Crippen LogP contribution in [0, 0.1) is 11.6 Å². The van der Waals surface area contributed by atoms with Gasteiger partial charge in [-0.15, -0.1) is 0 Å². The van der Waals surface area contributed by atoms with Gasteiger partial charge in [0.25, 0.3) is 5.91 Å². The van der Waals surface area contributed by atoms with Crippen molar-refractivity contribution in [3.8, 4) is 5.75 Å². The first kappa shape index (κ1) is 12.0. The molecule has 18 heavy (non-hydrogen) atoms. The third-order valence-corrected chi connectivity index (χ3v) is 2.29. The average Bonchev–Trinajstić information content (AvgIpc) is 2.28. The molecule has 0 saturated heterocycles. The Morgan fingerprint density at radius 3 is 2.39 bits per heavy atom. The molecule has 0 atom stereocenters. The van der Waals surface area contributed by atoms with E-state index in [1.165, 1.54) is 0 Å². The molecule has 0 spiro atoms. The van der Waals surface area contributed by atoms with Crippen LogP contribution in [-0.4, -0.2) is 11.0 Å². The van der Waals surface area contributed by atoms with Crippen molar-refractivity contribution in [2.24, 2.45) is 0 Å². The van der Waals surface area contributed by atoms with Crippen molar-refractivity contribution in [3.05, 3.63) is 59.7 Å². The van der Waals surface area contributed by atoms with Crippen molar-refractivity contribution in [1.82, 2.24) is 0 Å². The van der Waals surface area contributed by atoms with E-state index in [2.05, 4.69) is 5.32 Å². The van der Waals surface area contributed by atoms with Crippen molar-refractivity contribution in [1.29, 1.82) is 0 Å². The molecule has 2 rings (SSSR count). The molecule has 2 N–H and O–H groups in total. The van der Waals surface area contributed by atoms with Gasteiger partial charge in [0, 0.05) is 17.8 Å². The molecule has 92 valence electrons. The Kier molecular flexibility index (Phi) is 3.23.